The smallest absolute Gasteiger partial charge is 0.169 e. The third-order valence-corrected chi connectivity index (χ3v) is 8.19. The molecule has 14 heteroatoms. The summed E-state index contributed by atoms with van der Waals surface area (Å²) in [6, 6.07) is 5.23. The number of benzene rings is 1. The highest BCUT2D eigenvalue weighted by molar-refractivity contribution is 7.91. The Labute approximate surface area is 219 Å². The molecule has 0 spiro atoms. The van der Waals surface area contributed by atoms with E-state index in [1.807, 2.05) is 0 Å². The standard InChI is InChI=1S/C23H28ClN5O7S/c1-14(21(34-4)22-25-10-15(24)11-26-22)37(30,31)13-19-27-28-23(18-12-35-8-9-36-18)29(19)20-16(32-2)6-5-7-17(20)33-3/h5-7,10-11,14,18,21H,8-9,12-13H2,1-4H3/t14-,18-,21-/m0/s1. The molecule has 0 bridgehead atoms. The number of aromatic nitrogens is 5. The summed E-state index contributed by atoms with van der Waals surface area (Å²) < 4.78 is 57.0. The van der Waals surface area contributed by atoms with Crippen LogP contribution in [0.2, 0.25) is 5.02 Å². The molecule has 3 aromatic rings. The zero-order chi connectivity index (χ0) is 26.6. The van der Waals surface area contributed by atoms with Crippen LogP contribution in [0.15, 0.2) is 30.6 Å². The molecule has 200 valence electrons. The highest BCUT2D eigenvalue weighted by atomic mass is 35.5. The van der Waals surface area contributed by atoms with E-state index < -0.39 is 33.0 Å². The van der Waals surface area contributed by atoms with Crippen LogP contribution in [0.3, 0.4) is 0 Å². The zero-order valence-corrected chi connectivity index (χ0v) is 22.4. The normalized spacial score (nSPS) is 17.8. The highest BCUT2D eigenvalue weighted by Gasteiger charge is 2.36. The van der Waals surface area contributed by atoms with Crippen LogP contribution in [0.1, 0.15) is 36.6 Å². The topological polar surface area (TPSA) is 137 Å². The lowest BCUT2D eigenvalue weighted by molar-refractivity contribution is -0.0942. The van der Waals surface area contributed by atoms with Gasteiger partial charge in [-0.05, 0) is 19.1 Å². The molecule has 1 aromatic carbocycles. The lowest BCUT2D eigenvalue weighted by atomic mass is 10.2. The van der Waals surface area contributed by atoms with E-state index >= 15 is 0 Å². The lowest BCUT2D eigenvalue weighted by Crippen LogP contribution is -2.30. The van der Waals surface area contributed by atoms with Crippen molar-refractivity contribution >= 4 is 21.4 Å². The third kappa shape index (κ3) is 5.70. The number of hydrogen-bond donors (Lipinski definition) is 0. The van der Waals surface area contributed by atoms with Gasteiger partial charge in [0.15, 0.2) is 27.3 Å². The molecule has 1 aliphatic heterocycles. The van der Waals surface area contributed by atoms with Gasteiger partial charge in [-0.3, -0.25) is 4.57 Å². The number of ether oxygens (including phenoxy) is 5. The first-order valence-electron chi connectivity index (χ1n) is 11.4. The van der Waals surface area contributed by atoms with E-state index in [0.717, 1.165) is 0 Å². The van der Waals surface area contributed by atoms with E-state index in [4.69, 9.17) is 35.3 Å². The minimum absolute atomic E-state index is 0.144. The Hall–Kier alpha value is -2.84. The Morgan fingerprint density at radius 2 is 1.78 bits per heavy atom. The van der Waals surface area contributed by atoms with Crippen LogP contribution in [0.5, 0.6) is 11.5 Å². The monoisotopic (exact) mass is 553 g/mol. The molecular weight excluding hydrogens is 526 g/mol. The van der Waals surface area contributed by atoms with Crippen molar-refractivity contribution in [2.45, 2.75) is 30.1 Å². The second kappa shape index (κ2) is 11.7. The van der Waals surface area contributed by atoms with Gasteiger partial charge in [-0.25, -0.2) is 18.4 Å². The number of nitrogens with zero attached hydrogens (tertiary/aromatic N) is 5. The molecule has 0 N–H and O–H groups in total. The lowest BCUT2D eigenvalue weighted by Gasteiger charge is -2.25. The maximum Gasteiger partial charge on any atom is 0.169 e. The molecule has 0 radical (unpaired) electrons. The van der Waals surface area contributed by atoms with Crippen molar-refractivity contribution in [3.05, 3.63) is 53.1 Å². The molecule has 12 nitrogen and oxygen atoms in total. The van der Waals surface area contributed by atoms with Gasteiger partial charge in [-0.2, -0.15) is 0 Å². The van der Waals surface area contributed by atoms with Crippen molar-refractivity contribution in [2.75, 3.05) is 41.2 Å². The summed E-state index contributed by atoms with van der Waals surface area (Å²) in [6.45, 7) is 2.58. The minimum atomic E-state index is -3.88. The molecule has 0 aliphatic carbocycles. The Bertz CT molecular complexity index is 1290. The number of sulfone groups is 1. The van der Waals surface area contributed by atoms with Crippen molar-refractivity contribution < 1.29 is 32.1 Å². The van der Waals surface area contributed by atoms with E-state index in [0.29, 0.717) is 41.2 Å². The van der Waals surface area contributed by atoms with Crippen molar-refractivity contribution in [1.82, 2.24) is 24.7 Å². The van der Waals surface area contributed by atoms with E-state index in [-0.39, 0.29) is 18.3 Å². The van der Waals surface area contributed by atoms with Crippen LogP contribution in [0.25, 0.3) is 5.69 Å². The summed E-state index contributed by atoms with van der Waals surface area (Å²) in [7, 11) is 0.534. The van der Waals surface area contributed by atoms with Crippen molar-refractivity contribution in [1.29, 1.82) is 0 Å². The summed E-state index contributed by atoms with van der Waals surface area (Å²) in [6.07, 6.45) is 1.27. The SMILES string of the molecule is COc1cccc(OC)c1-n1c(CS(=O)(=O)[C@@H](C)[C@H](OC)c2ncc(Cl)cn2)nnc1[C@@H]1COCCO1. The summed E-state index contributed by atoms with van der Waals surface area (Å²) in [4.78, 5) is 8.28. The second-order valence-electron chi connectivity index (χ2n) is 8.18. The molecule has 37 heavy (non-hydrogen) atoms. The summed E-state index contributed by atoms with van der Waals surface area (Å²) in [5, 5.41) is 7.86. The largest absolute Gasteiger partial charge is 0.494 e. The Morgan fingerprint density at radius 1 is 1.11 bits per heavy atom. The number of methoxy groups -OCH3 is 3. The fourth-order valence-electron chi connectivity index (χ4n) is 4.04. The molecule has 1 saturated heterocycles. The maximum atomic E-state index is 13.7. The Kier molecular flexibility index (Phi) is 8.60. The zero-order valence-electron chi connectivity index (χ0n) is 20.8. The van der Waals surface area contributed by atoms with Gasteiger partial charge >= 0.3 is 0 Å². The summed E-state index contributed by atoms with van der Waals surface area (Å²) in [5.74, 6) is 1.12. The third-order valence-electron chi connectivity index (χ3n) is 5.96. The summed E-state index contributed by atoms with van der Waals surface area (Å²) >= 11 is 5.89. The van der Waals surface area contributed by atoms with E-state index in [2.05, 4.69) is 20.2 Å². The molecule has 0 amide bonds. The van der Waals surface area contributed by atoms with Crippen molar-refractivity contribution in [3.63, 3.8) is 0 Å². The van der Waals surface area contributed by atoms with Gasteiger partial charge < -0.3 is 23.7 Å². The average molecular weight is 554 g/mol. The molecule has 1 fully saturated rings. The quantitative estimate of drug-likeness (QED) is 0.366. The van der Waals surface area contributed by atoms with E-state index in [1.165, 1.54) is 40.6 Å². The molecule has 0 saturated carbocycles. The van der Waals surface area contributed by atoms with Crippen molar-refractivity contribution in [3.8, 4) is 17.2 Å². The first kappa shape index (κ1) is 27.2. The van der Waals surface area contributed by atoms with Crippen LogP contribution >= 0.6 is 11.6 Å². The fraction of sp³-hybridized carbons (Fsp3) is 0.478. The fourth-order valence-corrected chi connectivity index (χ4v) is 5.56. The Morgan fingerprint density at radius 3 is 2.35 bits per heavy atom. The first-order chi connectivity index (χ1) is 17.8. The number of halogens is 1. The van der Waals surface area contributed by atoms with Gasteiger partial charge in [0.05, 0.1) is 44.3 Å². The van der Waals surface area contributed by atoms with Gasteiger partial charge in [0.25, 0.3) is 0 Å². The first-order valence-corrected chi connectivity index (χ1v) is 13.5. The molecule has 0 unspecified atom stereocenters. The maximum absolute atomic E-state index is 13.7. The minimum Gasteiger partial charge on any atom is -0.494 e. The van der Waals surface area contributed by atoms with Gasteiger partial charge in [0.1, 0.15) is 35.1 Å². The molecule has 1 aliphatic rings. The molecule has 2 aromatic heterocycles. The van der Waals surface area contributed by atoms with Crippen LogP contribution in [0, 0.1) is 0 Å². The highest BCUT2D eigenvalue weighted by Crippen LogP contribution is 2.37. The van der Waals surface area contributed by atoms with E-state index in [1.54, 1.807) is 22.8 Å². The van der Waals surface area contributed by atoms with Gasteiger partial charge in [0, 0.05) is 19.5 Å². The van der Waals surface area contributed by atoms with E-state index in [9.17, 15) is 8.42 Å². The second-order valence-corrected chi connectivity index (χ2v) is 11.0. The Balaban J connectivity index is 1.78. The molecule has 3 heterocycles. The molecule has 4 rings (SSSR count). The van der Waals surface area contributed by atoms with Gasteiger partial charge in [0.2, 0.25) is 0 Å². The summed E-state index contributed by atoms with van der Waals surface area (Å²) in [5.41, 5.74) is 0.448. The number of rotatable bonds is 10. The van der Waals surface area contributed by atoms with Gasteiger partial charge in [-0.1, -0.05) is 17.7 Å². The van der Waals surface area contributed by atoms with Crippen LogP contribution in [-0.2, 0) is 29.8 Å². The van der Waals surface area contributed by atoms with Crippen LogP contribution in [0.4, 0.5) is 0 Å². The predicted molar refractivity (Wildman–Crippen MR) is 133 cm³/mol. The number of hydrogen-bond acceptors (Lipinski definition) is 11. The molecular formula is C23H28ClN5O7S. The van der Waals surface area contributed by atoms with Gasteiger partial charge in [-0.15, -0.1) is 10.2 Å². The average Bonchev–Trinajstić information content (AvgIpc) is 3.32. The molecule has 3 atom stereocenters. The van der Waals surface area contributed by atoms with Crippen LogP contribution in [-0.4, -0.2) is 79.6 Å². The van der Waals surface area contributed by atoms with Crippen LogP contribution < -0.4 is 9.47 Å². The van der Waals surface area contributed by atoms with Crippen molar-refractivity contribution in [2.24, 2.45) is 0 Å². The predicted octanol–water partition coefficient (Wildman–Crippen LogP) is 2.51. The number of para-hydroxylation sites is 1.